The van der Waals surface area contributed by atoms with E-state index in [9.17, 15) is 50.4 Å². The highest BCUT2D eigenvalue weighted by molar-refractivity contribution is 5.91. The molecule has 2 aliphatic rings. The van der Waals surface area contributed by atoms with Crippen LogP contribution in [0.15, 0.2) is 24.3 Å². The molecule has 9 atom stereocenters. The van der Waals surface area contributed by atoms with Crippen LogP contribution in [0.3, 0.4) is 0 Å². The van der Waals surface area contributed by atoms with Crippen molar-refractivity contribution in [2.24, 2.45) is 0 Å². The molecular weight excluding hydrogens is 660 g/mol. The highest BCUT2D eigenvalue weighted by Crippen LogP contribution is 2.47. The van der Waals surface area contributed by atoms with E-state index in [0.717, 1.165) is 25.7 Å². The van der Waals surface area contributed by atoms with E-state index >= 15 is 0 Å². The van der Waals surface area contributed by atoms with Crippen LogP contribution in [0.1, 0.15) is 113 Å². The van der Waals surface area contributed by atoms with Crippen molar-refractivity contribution in [2.45, 2.75) is 151 Å². The molecule has 0 radical (unpaired) electrons. The van der Waals surface area contributed by atoms with Gasteiger partial charge in [-0.25, -0.2) is 19.4 Å². The lowest BCUT2D eigenvalue weighted by Gasteiger charge is -2.51. The van der Waals surface area contributed by atoms with Crippen LogP contribution in [0.4, 0.5) is 0 Å². The largest absolute Gasteiger partial charge is 0.394 e. The van der Waals surface area contributed by atoms with E-state index in [1.807, 2.05) is 0 Å². The Kier molecular flexibility index (Phi) is 17.4. The lowest BCUT2D eigenvalue weighted by Crippen LogP contribution is -2.68. The molecule has 3 rings (SSSR count). The van der Waals surface area contributed by atoms with Gasteiger partial charge in [-0.1, -0.05) is 102 Å². The van der Waals surface area contributed by atoms with Crippen LogP contribution in [-0.4, -0.2) is 121 Å². The summed E-state index contributed by atoms with van der Waals surface area (Å²) in [5.41, 5.74) is -0.861. The molecule has 8 N–H and O–H groups in total. The number of hydrogen-bond donors (Lipinski definition) is 8. The number of aliphatic hydroxyl groups is 8. The third-order valence-electron chi connectivity index (χ3n) is 9.40. The number of ether oxygens (including phenoxy) is 3. The first-order valence-electron chi connectivity index (χ1n) is 17.8. The Bertz CT molecular complexity index is 1170. The van der Waals surface area contributed by atoms with E-state index in [1.54, 1.807) is 0 Å². The molecule has 2 fully saturated rings. The summed E-state index contributed by atoms with van der Waals surface area (Å²) >= 11 is 0. The average molecular weight is 717 g/mol. The normalized spacial score (nSPS) is 31.1. The average Bonchev–Trinajstić information content (AvgIpc) is 3.37. The van der Waals surface area contributed by atoms with Gasteiger partial charge < -0.3 is 55.1 Å². The second-order valence-electron chi connectivity index (χ2n) is 13.1. The monoisotopic (exact) mass is 716 g/mol. The van der Waals surface area contributed by atoms with Crippen molar-refractivity contribution in [3.05, 3.63) is 35.4 Å². The lowest BCUT2D eigenvalue weighted by molar-refractivity contribution is -0.442. The van der Waals surface area contributed by atoms with Gasteiger partial charge >= 0.3 is 11.9 Å². The van der Waals surface area contributed by atoms with Gasteiger partial charge in [0.1, 0.15) is 49.3 Å². The van der Waals surface area contributed by atoms with Gasteiger partial charge in [-0.15, -0.1) is 0 Å². The Labute approximate surface area is 292 Å². The van der Waals surface area contributed by atoms with Crippen molar-refractivity contribution in [3.63, 3.8) is 0 Å². The fourth-order valence-electron chi connectivity index (χ4n) is 6.43. The third-order valence-corrected chi connectivity index (χ3v) is 9.40. The third kappa shape index (κ3) is 10.4. The Balaban J connectivity index is 1.65. The maximum Gasteiger partial charge on any atom is 0.386 e. The van der Waals surface area contributed by atoms with Crippen molar-refractivity contribution < 1.29 is 74.4 Å². The van der Waals surface area contributed by atoms with Gasteiger partial charge in [0.15, 0.2) is 0 Å². The van der Waals surface area contributed by atoms with Gasteiger partial charge in [0.05, 0.1) is 25.2 Å². The minimum Gasteiger partial charge on any atom is -0.394 e. The zero-order valence-corrected chi connectivity index (χ0v) is 28.8. The maximum atomic E-state index is 13.3. The van der Waals surface area contributed by atoms with E-state index in [1.165, 1.54) is 75.6 Å². The second kappa shape index (κ2) is 20.7. The molecule has 2 saturated heterocycles. The number of benzene rings is 1. The van der Waals surface area contributed by atoms with Crippen molar-refractivity contribution in [1.82, 2.24) is 0 Å². The van der Waals surface area contributed by atoms with E-state index in [-0.39, 0.29) is 6.42 Å². The molecule has 15 nitrogen and oxygen atoms in total. The summed E-state index contributed by atoms with van der Waals surface area (Å²) in [7, 11) is 0. The van der Waals surface area contributed by atoms with Crippen LogP contribution in [0, 0.1) is 0 Å². The SMILES string of the molecule is CCCCCCCCCCCCCCCC(=O)OOC(=O)c1ccccc1[C@@]1(OC2(CO)O[C@H](CO)[C@@H](O)[C@@H]2O)O[C@H](CO)[C@@H](O)[C@H](O)[C@H]1O. The summed E-state index contributed by atoms with van der Waals surface area (Å²) in [5.74, 6) is -7.51. The number of carbonyl (C=O) groups is 2. The smallest absolute Gasteiger partial charge is 0.386 e. The number of carbonyl (C=O) groups excluding carboxylic acids is 2. The van der Waals surface area contributed by atoms with E-state index in [2.05, 4.69) is 6.92 Å². The summed E-state index contributed by atoms with van der Waals surface area (Å²) in [6, 6.07) is 5.09. The zero-order chi connectivity index (χ0) is 36.7. The molecule has 1 unspecified atom stereocenters. The van der Waals surface area contributed by atoms with Gasteiger partial charge in [0.2, 0.25) is 11.6 Å². The van der Waals surface area contributed by atoms with Crippen molar-refractivity contribution in [3.8, 4) is 0 Å². The first kappa shape index (κ1) is 42.1. The summed E-state index contributed by atoms with van der Waals surface area (Å²) < 4.78 is 17.2. The maximum absolute atomic E-state index is 13.3. The van der Waals surface area contributed by atoms with Gasteiger partial charge in [-0.3, -0.25) is 0 Å². The van der Waals surface area contributed by atoms with Crippen LogP contribution in [0.2, 0.25) is 0 Å². The lowest BCUT2D eigenvalue weighted by atomic mass is 9.85. The van der Waals surface area contributed by atoms with E-state index in [0.29, 0.717) is 6.42 Å². The molecule has 0 aromatic heterocycles. The number of rotatable bonds is 21. The second-order valence-corrected chi connectivity index (χ2v) is 13.1. The highest BCUT2D eigenvalue weighted by atomic mass is 17.2. The van der Waals surface area contributed by atoms with Crippen LogP contribution in [0.25, 0.3) is 0 Å². The first-order valence-corrected chi connectivity index (χ1v) is 17.8. The van der Waals surface area contributed by atoms with Crippen molar-refractivity contribution in [2.75, 3.05) is 19.8 Å². The Morgan fingerprint density at radius 1 is 0.680 bits per heavy atom. The molecular formula is C35H56O15. The minimum absolute atomic E-state index is 0.00752. The van der Waals surface area contributed by atoms with Gasteiger partial charge in [0.25, 0.3) is 0 Å². The molecule has 0 aliphatic carbocycles. The molecule has 0 spiro atoms. The fraction of sp³-hybridized carbons (Fsp3) is 0.771. The number of hydrogen-bond acceptors (Lipinski definition) is 15. The molecule has 286 valence electrons. The van der Waals surface area contributed by atoms with Crippen LogP contribution < -0.4 is 0 Å². The summed E-state index contributed by atoms with van der Waals surface area (Å²) in [6.07, 6.45) is 1.38. The van der Waals surface area contributed by atoms with Gasteiger partial charge in [-0.05, 0) is 12.5 Å². The topological polar surface area (TPSA) is 242 Å². The molecule has 2 heterocycles. The van der Waals surface area contributed by atoms with Crippen molar-refractivity contribution >= 4 is 11.9 Å². The van der Waals surface area contributed by atoms with Crippen molar-refractivity contribution in [1.29, 1.82) is 0 Å². The first-order chi connectivity index (χ1) is 24.0. The predicted molar refractivity (Wildman–Crippen MR) is 175 cm³/mol. The highest BCUT2D eigenvalue weighted by Gasteiger charge is 2.64. The predicted octanol–water partition coefficient (Wildman–Crippen LogP) is 1.23. The van der Waals surface area contributed by atoms with E-state index < -0.39 is 97.2 Å². The Morgan fingerprint density at radius 2 is 1.22 bits per heavy atom. The summed E-state index contributed by atoms with van der Waals surface area (Å²) in [6.45, 7) is -0.750. The van der Waals surface area contributed by atoms with Crippen LogP contribution in [-0.2, 0) is 34.6 Å². The molecule has 0 bridgehead atoms. The minimum atomic E-state index is -2.81. The summed E-state index contributed by atoms with van der Waals surface area (Å²) in [4.78, 5) is 35.2. The Morgan fingerprint density at radius 3 is 1.76 bits per heavy atom. The number of unbranched alkanes of at least 4 members (excludes halogenated alkanes) is 12. The van der Waals surface area contributed by atoms with Crippen LogP contribution >= 0.6 is 0 Å². The Hall–Kier alpha value is -2.28. The quantitative estimate of drug-likeness (QED) is 0.0507. The molecule has 15 heteroatoms. The van der Waals surface area contributed by atoms with Gasteiger partial charge in [-0.2, -0.15) is 0 Å². The van der Waals surface area contributed by atoms with Crippen LogP contribution in [0.5, 0.6) is 0 Å². The molecule has 0 amide bonds. The van der Waals surface area contributed by atoms with Gasteiger partial charge in [0, 0.05) is 5.56 Å². The summed E-state index contributed by atoms with van der Waals surface area (Å²) in [5, 5.41) is 83.7. The zero-order valence-electron chi connectivity index (χ0n) is 28.8. The standard InChI is InChI=1S/C35H56O15/c1-2-3-4-5-6-7-8-9-10-11-12-13-14-19-27(39)48-49-33(45)23-17-15-16-18-24(23)35(32(44)30(42)28(40)25(20-36)47-35)50-34(22-38)31(43)29(41)26(21-37)46-34/h15-18,25-26,28-32,36-38,40-44H,2-14,19-22H2,1H3/t25-,26-,28-,29-,30+,31+,32-,34?,35+/m1/s1. The van der Waals surface area contributed by atoms with E-state index in [4.69, 9.17) is 24.0 Å². The molecule has 1 aromatic carbocycles. The number of aliphatic hydroxyl groups excluding tert-OH is 8. The molecule has 2 aliphatic heterocycles. The molecule has 1 aromatic rings. The fourth-order valence-corrected chi connectivity index (χ4v) is 6.43. The molecule has 0 saturated carbocycles. The molecule has 50 heavy (non-hydrogen) atoms.